The van der Waals surface area contributed by atoms with Crippen molar-refractivity contribution in [2.24, 2.45) is 5.92 Å². The van der Waals surface area contributed by atoms with Crippen LogP contribution in [0.5, 0.6) is 0 Å². The number of carbonyl (C=O) groups is 1. The first kappa shape index (κ1) is 13.5. The molecule has 0 heterocycles. The minimum absolute atomic E-state index is 0.0647. The van der Waals surface area contributed by atoms with Gasteiger partial charge in [0.1, 0.15) is 0 Å². The first-order valence-corrected chi connectivity index (χ1v) is 5.73. The van der Waals surface area contributed by atoms with Crippen molar-refractivity contribution < 1.29 is 9.90 Å². The van der Waals surface area contributed by atoms with Crippen molar-refractivity contribution in [1.82, 2.24) is 5.32 Å². The van der Waals surface area contributed by atoms with Crippen LogP contribution in [0, 0.1) is 12.8 Å². The van der Waals surface area contributed by atoms with Gasteiger partial charge in [0.2, 0.25) is 0 Å². The average Bonchev–Trinajstić information content (AvgIpc) is 2.28. The maximum atomic E-state index is 12.0. The van der Waals surface area contributed by atoms with Crippen LogP contribution in [0.25, 0.3) is 0 Å². The van der Waals surface area contributed by atoms with Crippen molar-refractivity contribution in [1.29, 1.82) is 0 Å². The lowest BCUT2D eigenvalue weighted by atomic mass is 10.0. The summed E-state index contributed by atoms with van der Waals surface area (Å²) in [5, 5.41) is 12.0. The Labute approximate surface area is 102 Å². The fourth-order valence-corrected chi connectivity index (χ4v) is 1.55. The van der Waals surface area contributed by atoms with E-state index in [4.69, 9.17) is 5.73 Å². The Balaban J connectivity index is 2.86. The van der Waals surface area contributed by atoms with Crippen LogP contribution in [0.1, 0.15) is 29.8 Å². The molecule has 4 N–H and O–H groups in total. The van der Waals surface area contributed by atoms with Crippen molar-refractivity contribution in [3.8, 4) is 0 Å². The molecule has 0 radical (unpaired) electrons. The summed E-state index contributed by atoms with van der Waals surface area (Å²) < 4.78 is 0. The van der Waals surface area contributed by atoms with Crippen LogP contribution in [0.2, 0.25) is 0 Å². The molecule has 1 amide bonds. The molecular formula is C13H20N2O2. The van der Waals surface area contributed by atoms with Gasteiger partial charge in [-0.15, -0.1) is 0 Å². The molecule has 0 saturated heterocycles. The Hall–Kier alpha value is -1.55. The van der Waals surface area contributed by atoms with Crippen LogP contribution in [-0.4, -0.2) is 23.7 Å². The molecule has 0 spiro atoms. The molecule has 17 heavy (non-hydrogen) atoms. The quantitative estimate of drug-likeness (QED) is 0.690. The van der Waals surface area contributed by atoms with Gasteiger partial charge < -0.3 is 16.2 Å². The molecule has 4 nitrogen and oxygen atoms in total. The summed E-state index contributed by atoms with van der Waals surface area (Å²) in [5.74, 6) is -0.00661. The average molecular weight is 236 g/mol. The molecule has 1 aromatic rings. The van der Waals surface area contributed by atoms with Crippen molar-refractivity contribution in [2.75, 3.05) is 12.3 Å². The Morgan fingerprint density at radius 3 is 2.65 bits per heavy atom. The first-order valence-electron chi connectivity index (χ1n) is 5.73. The lowest BCUT2D eigenvalue weighted by Gasteiger charge is -2.20. The zero-order valence-corrected chi connectivity index (χ0v) is 10.5. The van der Waals surface area contributed by atoms with Crippen LogP contribution in [0.15, 0.2) is 18.2 Å². The summed E-state index contributed by atoms with van der Waals surface area (Å²) in [6.45, 7) is 5.70. The summed E-state index contributed by atoms with van der Waals surface area (Å²) in [6.07, 6.45) is 0. The Kier molecular flexibility index (Phi) is 4.52. The highest BCUT2D eigenvalue weighted by atomic mass is 16.3. The topological polar surface area (TPSA) is 75.4 Å². The number of nitrogens with one attached hydrogen (secondary N) is 1. The molecule has 0 aliphatic rings. The third kappa shape index (κ3) is 3.46. The normalized spacial score (nSPS) is 12.5. The van der Waals surface area contributed by atoms with Crippen molar-refractivity contribution >= 4 is 11.6 Å². The molecule has 94 valence electrons. The molecule has 0 aliphatic carbocycles. The second-order valence-corrected chi connectivity index (χ2v) is 4.58. The van der Waals surface area contributed by atoms with Crippen LogP contribution in [0.3, 0.4) is 0 Å². The molecular weight excluding hydrogens is 216 g/mol. The highest BCUT2D eigenvalue weighted by molar-refractivity contribution is 5.96. The summed E-state index contributed by atoms with van der Waals surface area (Å²) >= 11 is 0. The van der Waals surface area contributed by atoms with Crippen molar-refractivity contribution in [3.63, 3.8) is 0 Å². The third-order valence-corrected chi connectivity index (χ3v) is 2.82. The monoisotopic (exact) mass is 236 g/mol. The van der Waals surface area contributed by atoms with E-state index >= 15 is 0 Å². The molecule has 1 atom stereocenters. The van der Waals surface area contributed by atoms with E-state index < -0.39 is 0 Å². The van der Waals surface area contributed by atoms with Crippen molar-refractivity contribution in [2.45, 2.75) is 26.8 Å². The second kappa shape index (κ2) is 5.68. The predicted molar refractivity (Wildman–Crippen MR) is 68.8 cm³/mol. The largest absolute Gasteiger partial charge is 0.399 e. The fraction of sp³-hybridized carbons (Fsp3) is 0.462. The fourth-order valence-electron chi connectivity index (χ4n) is 1.55. The standard InChI is InChI=1S/C13H20N2O2/c1-8(2)12(7-16)15-13(17)11-6-10(14)5-4-9(11)3/h4-6,8,12,16H,7,14H2,1-3H3,(H,15,17)/t12-/m1/s1. The number of anilines is 1. The molecule has 1 aromatic carbocycles. The number of rotatable bonds is 4. The summed E-state index contributed by atoms with van der Waals surface area (Å²) in [6, 6.07) is 4.99. The van der Waals surface area contributed by atoms with E-state index in [1.807, 2.05) is 26.8 Å². The Bertz CT molecular complexity index is 402. The number of aliphatic hydroxyl groups is 1. The van der Waals surface area contributed by atoms with Crippen LogP contribution < -0.4 is 11.1 Å². The van der Waals surface area contributed by atoms with Gasteiger partial charge in [-0.25, -0.2) is 0 Å². The molecule has 0 aromatic heterocycles. The minimum Gasteiger partial charge on any atom is -0.399 e. The number of aliphatic hydroxyl groups excluding tert-OH is 1. The van der Waals surface area contributed by atoms with Gasteiger partial charge in [-0.3, -0.25) is 4.79 Å². The number of carbonyl (C=O) groups excluding carboxylic acids is 1. The van der Waals surface area contributed by atoms with Gasteiger partial charge in [-0.05, 0) is 30.5 Å². The number of hydrogen-bond donors (Lipinski definition) is 3. The molecule has 1 rings (SSSR count). The lowest BCUT2D eigenvalue weighted by Crippen LogP contribution is -2.41. The van der Waals surface area contributed by atoms with Gasteiger partial charge in [-0.2, -0.15) is 0 Å². The van der Waals surface area contributed by atoms with Crippen LogP contribution in [-0.2, 0) is 0 Å². The molecule has 0 aliphatic heterocycles. The van der Waals surface area contributed by atoms with E-state index in [-0.39, 0.29) is 24.5 Å². The third-order valence-electron chi connectivity index (χ3n) is 2.82. The van der Waals surface area contributed by atoms with E-state index in [2.05, 4.69) is 5.32 Å². The lowest BCUT2D eigenvalue weighted by molar-refractivity contribution is 0.0896. The van der Waals surface area contributed by atoms with Gasteiger partial charge in [0, 0.05) is 11.3 Å². The SMILES string of the molecule is Cc1ccc(N)cc1C(=O)N[C@H](CO)C(C)C. The van der Waals surface area contributed by atoms with Crippen molar-refractivity contribution in [3.05, 3.63) is 29.3 Å². The maximum Gasteiger partial charge on any atom is 0.251 e. The van der Waals surface area contributed by atoms with Crippen LogP contribution in [0.4, 0.5) is 5.69 Å². The molecule has 0 unspecified atom stereocenters. The number of benzene rings is 1. The van der Waals surface area contributed by atoms with Gasteiger partial charge in [0.15, 0.2) is 0 Å². The minimum atomic E-state index is -0.233. The smallest absolute Gasteiger partial charge is 0.251 e. The molecule has 0 bridgehead atoms. The number of nitrogen functional groups attached to an aromatic ring is 1. The first-order chi connectivity index (χ1) is 7.95. The van der Waals surface area contributed by atoms with E-state index in [0.717, 1.165) is 5.56 Å². The van der Waals surface area contributed by atoms with Gasteiger partial charge in [0.05, 0.1) is 12.6 Å². The van der Waals surface area contributed by atoms with E-state index in [1.54, 1.807) is 12.1 Å². The summed E-state index contributed by atoms with van der Waals surface area (Å²) in [5.41, 5.74) is 7.65. The number of aryl methyl sites for hydroxylation is 1. The van der Waals surface area contributed by atoms with E-state index in [9.17, 15) is 9.90 Å². The summed E-state index contributed by atoms with van der Waals surface area (Å²) in [4.78, 5) is 12.0. The zero-order valence-electron chi connectivity index (χ0n) is 10.5. The predicted octanol–water partition coefficient (Wildman–Crippen LogP) is 1.32. The number of hydrogen-bond acceptors (Lipinski definition) is 3. The molecule has 0 saturated carbocycles. The molecule has 0 fully saturated rings. The second-order valence-electron chi connectivity index (χ2n) is 4.58. The highest BCUT2D eigenvalue weighted by Gasteiger charge is 2.17. The van der Waals surface area contributed by atoms with Gasteiger partial charge in [-0.1, -0.05) is 19.9 Å². The molecule has 4 heteroatoms. The zero-order chi connectivity index (χ0) is 13.0. The maximum absolute atomic E-state index is 12.0. The van der Waals surface area contributed by atoms with E-state index in [0.29, 0.717) is 11.3 Å². The number of amides is 1. The van der Waals surface area contributed by atoms with Gasteiger partial charge >= 0.3 is 0 Å². The number of nitrogens with two attached hydrogens (primary N) is 1. The Morgan fingerprint density at radius 1 is 1.47 bits per heavy atom. The van der Waals surface area contributed by atoms with Crippen LogP contribution >= 0.6 is 0 Å². The Morgan fingerprint density at radius 2 is 2.12 bits per heavy atom. The van der Waals surface area contributed by atoms with Gasteiger partial charge in [0.25, 0.3) is 5.91 Å². The van der Waals surface area contributed by atoms with E-state index in [1.165, 1.54) is 0 Å². The summed E-state index contributed by atoms with van der Waals surface area (Å²) in [7, 11) is 0. The highest BCUT2D eigenvalue weighted by Crippen LogP contribution is 2.13.